The van der Waals surface area contributed by atoms with Crippen LogP contribution in [0, 0.1) is 11.7 Å². The molecule has 0 aliphatic carbocycles. The molecule has 1 amide bonds. The number of hydrogen-bond donors (Lipinski definition) is 1. The number of ether oxygens (including phenoxy) is 1. The van der Waals surface area contributed by atoms with Crippen LogP contribution < -0.4 is 4.74 Å². The van der Waals surface area contributed by atoms with E-state index in [1.165, 1.54) is 12.1 Å². The molecule has 1 N–H and O–H groups in total. The van der Waals surface area contributed by atoms with Gasteiger partial charge in [0, 0.05) is 43.4 Å². The molecule has 0 spiro atoms. The molecule has 2 aliphatic heterocycles. The van der Waals surface area contributed by atoms with E-state index >= 15 is 0 Å². The molecule has 4 rings (SSSR count). The number of halogens is 1. The van der Waals surface area contributed by atoms with Crippen LogP contribution >= 0.6 is 0 Å². The molecule has 7 heteroatoms. The molecule has 162 valence electrons. The summed E-state index contributed by atoms with van der Waals surface area (Å²) in [6.45, 7) is 3.14. The number of likely N-dealkylation sites (tertiary alicyclic amines) is 1. The highest BCUT2D eigenvalue weighted by Crippen LogP contribution is 2.34. The van der Waals surface area contributed by atoms with Crippen molar-refractivity contribution in [3.8, 4) is 22.6 Å². The van der Waals surface area contributed by atoms with Gasteiger partial charge in [0.2, 0.25) is 5.91 Å². The number of phenols is 1. The Morgan fingerprint density at radius 3 is 2.84 bits per heavy atom. The molecule has 0 bridgehead atoms. The Bertz CT molecular complexity index is 1040. The second-order valence-electron chi connectivity index (χ2n) is 8.27. The van der Waals surface area contributed by atoms with Crippen molar-refractivity contribution in [1.82, 2.24) is 9.80 Å². The van der Waals surface area contributed by atoms with Crippen molar-refractivity contribution in [3.05, 3.63) is 59.4 Å². The highest BCUT2D eigenvalue weighted by molar-refractivity contribution is 5.90. The van der Waals surface area contributed by atoms with Gasteiger partial charge in [0.1, 0.15) is 5.75 Å². The lowest BCUT2D eigenvalue weighted by atomic mass is 9.98. The van der Waals surface area contributed by atoms with Crippen LogP contribution in [0.2, 0.25) is 0 Å². The molecule has 31 heavy (non-hydrogen) atoms. The van der Waals surface area contributed by atoms with Gasteiger partial charge < -0.3 is 19.6 Å². The van der Waals surface area contributed by atoms with Crippen LogP contribution in [-0.2, 0) is 11.3 Å². The SMILES string of the molecule is CN(C)C/C=C/C(=O)N1CC(COc2cc(-c3ccc(O)c(F)c3)cc3c2C=NC3)C1. The minimum absolute atomic E-state index is 0.0301. The average Bonchev–Trinajstić information content (AvgIpc) is 3.17. The maximum Gasteiger partial charge on any atom is 0.246 e. The quantitative estimate of drug-likeness (QED) is 0.695. The predicted molar refractivity (Wildman–Crippen MR) is 118 cm³/mol. The number of benzene rings is 2. The lowest BCUT2D eigenvalue weighted by molar-refractivity contribution is -0.132. The summed E-state index contributed by atoms with van der Waals surface area (Å²) in [5.74, 6) is -0.0173. The molecule has 0 atom stereocenters. The molecule has 2 heterocycles. The number of amides is 1. The van der Waals surface area contributed by atoms with Gasteiger partial charge in [-0.15, -0.1) is 0 Å². The van der Waals surface area contributed by atoms with Crippen molar-refractivity contribution in [1.29, 1.82) is 0 Å². The maximum atomic E-state index is 13.8. The number of hydrogen-bond acceptors (Lipinski definition) is 5. The monoisotopic (exact) mass is 423 g/mol. The summed E-state index contributed by atoms with van der Waals surface area (Å²) in [4.78, 5) is 20.3. The number of carbonyl (C=O) groups is 1. The van der Waals surface area contributed by atoms with E-state index in [9.17, 15) is 14.3 Å². The molecule has 2 aliphatic rings. The predicted octanol–water partition coefficient (Wildman–Crippen LogP) is 3.09. The van der Waals surface area contributed by atoms with Gasteiger partial charge in [0.25, 0.3) is 0 Å². The number of aromatic hydroxyl groups is 1. The minimum Gasteiger partial charge on any atom is -0.505 e. The zero-order chi connectivity index (χ0) is 22.0. The van der Waals surface area contributed by atoms with Gasteiger partial charge in [0.15, 0.2) is 11.6 Å². The van der Waals surface area contributed by atoms with E-state index in [4.69, 9.17) is 4.74 Å². The standard InChI is InChI=1S/C24H26FN3O3/c1-27(2)7-3-4-24(30)28-13-16(14-28)15-31-23-10-18(8-19-11-26-12-20(19)23)17-5-6-22(29)21(25)9-17/h3-6,8-10,12,16,29H,7,11,13-15H2,1-2H3/b4-3+. The molecule has 2 aromatic rings. The Kier molecular flexibility index (Phi) is 6.04. The number of phenolic OH excluding ortho intramolecular Hbond substituents is 1. The van der Waals surface area contributed by atoms with E-state index in [0.717, 1.165) is 23.2 Å². The normalized spacial score (nSPS) is 15.5. The molecule has 0 unspecified atom stereocenters. The summed E-state index contributed by atoms with van der Waals surface area (Å²) in [5.41, 5.74) is 3.45. The molecule has 0 radical (unpaired) electrons. The number of aliphatic imine (C=N–C) groups is 1. The van der Waals surface area contributed by atoms with Crippen molar-refractivity contribution in [2.75, 3.05) is 40.3 Å². The van der Waals surface area contributed by atoms with Crippen LogP contribution in [0.4, 0.5) is 4.39 Å². The van der Waals surface area contributed by atoms with Crippen molar-refractivity contribution in [2.24, 2.45) is 10.9 Å². The van der Waals surface area contributed by atoms with Gasteiger partial charge in [-0.3, -0.25) is 9.79 Å². The van der Waals surface area contributed by atoms with E-state index in [0.29, 0.717) is 37.6 Å². The van der Waals surface area contributed by atoms with Crippen molar-refractivity contribution < 1.29 is 19.0 Å². The summed E-state index contributed by atoms with van der Waals surface area (Å²) in [6, 6.07) is 8.20. The molecule has 1 saturated heterocycles. The largest absolute Gasteiger partial charge is 0.505 e. The summed E-state index contributed by atoms with van der Waals surface area (Å²) in [6.07, 6.45) is 5.30. The first-order valence-electron chi connectivity index (χ1n) is 10.3. The van der Waals surface area contributed by atoms with Gasteiger partial charge in [-0.2, -0.15) is 0 Å². The number of carbonyl (C=O) groups excluding carboxylic acids is 1. The fourth-order valence-corrected chi connectivity index (χ4v) is 3.70. The highest BCUT2D eigenvalue weighted by Gasteiger charge is 2.30. The van der Waals surface area contributed by atoms with Gasteiger partial charge >= 0.3 is 0 Å². The first-order valence-corrected chi connectivity index (χ1v) is 10.3. The zero-order valence-corrected chi connectivity index (χ0v) is 17.7. The lowest BCUT2D eigenvalue weighted by Gasteiger charge is -2.38. The Morgan fingerprint density at radius 1 is 1.29 bits per heavy atom. The van der Waals surface area contributed by atoms with Crippen LogP contribution in [-0.4, -0.2) is 67.4 Å². The third-order valence-electron chi connectivity index (χ3n) is 5.47. The Labute approximate surface area is 181 Å². The first-order chi connectivity index (χ1) is 14.9. The molecule has 0 aromatic heterocycles. The highest BCUT2D eigenvalue weighted by atomic mass is 19.1. The molecular weight excluding hydrogens is 397 g/mol. The van der Waals surface area contributed by atoms with E-state index in [1.807, 2.05) is 42.1 Å². The summed E-state index contributed by atoms with van der Waals surface area (Å²) < 4.78 is 19.9. The number of rotatable bonds is 7. The Hall–Kier alpha value is -3.19. The van der Waals surface area contributed by atoms with Crippen LogP contribution in [0.3, 0.4) is 0 Å². The third-order valence-corrected chi connectivity index (χ3v) is 5.47. The van der Waals surface area contributed by atoms with Crippen molar-refractivity contribution in [2.45, 2.75) is 6.54 Å². The molecule has 6 nitrogen and oxygen atoms in total. The minimum atomic E-state index is -0.657. The van der Waals surface area contributed by atoms with Crippen LogP contribution in [0.1, 0.15) is 11.1 Å². The summed E-state index contributed by atoms with van der Waals surface area (Å²) >= 11 is 0. The smallest absolute Gasteiger partial charge is 0.246 e. The fraction of sp³-hybridized carbons (Fsp3) is 0.333. The number of likely N-dealkylation sites (N-methyl/N-ethyl adjacent to an activating group) is 1. The van der Waals surface area contributed by atoms with Crippen molar-refractivity contribution in [3.63, 3.8) is 0 Å². The Balaban J connectivity index is 1.40. The van der Waals surface area contributed by atoms with Crippen LogP contribution in [0.5, 0.6) is 11.5 Å². The zero-order valence-electron chi connectivity index (χ0n) is 17.7. The fourth-order valence-electron chi connectivity index (χ4n) is 3.70. The van der Waals surface area contributed by atoms with E-state index in [-0.39, 0.29) is 17.6 Å². The van der Waals surface area contributed by atoms with E-state index < -0.39 is 5.82 Å². The molecule has 2 aromatic carbocycles. The van der Waals surface area contributed by atoms with Crippen LogP contribution in [0.15, 0.2) is 47.5 Å². The first kappa shape index (κ1) is 21.1. The third kappa shape index (κ3) is 4.77. The molecule has 1 fully saturated rings. The summed E-state index contributed by atoms with van der Waals surface area (Å²) in [7, 11) is 3.92. The van der Waals surface area contributed by atoms with Gasteiger partial charge in [-0.25, -0.2) is 4.39 Å². The second-order valence-corrected chi connectivity index (χ2v) is 8.27. The summed E-state index contributed by atoms with van der Waals surface area (Å²) in [5, 5.41) is 9.46. The van der Waals surface area contributed by atoms with Gasteiger partial charge in [-0.1, -0.05) is 12.1 Å². The Morgan fingerprint density at radius 2 is 2.10 bits per heavy atom. The number of nitrogens with zero attached hydrogens (tertiary/aromatic N) is 3. The topological polar surface area (TPSA) is 65.4 Å². The number of fused-ring (bicyclic) bond motifs is 1. The molecular formula is C24H26FN3O3. The van der Waals surface area contributed by atoms with E-state index in [2.05, 4.69) is 4.99 Å². The van der Waals surface area contributed by atoms with Crippen LogP contribution in [0.25, 0.3) is 11.1 Å². The van der Waals surface area contributed by atoms with Gasteiger partial charge in [-0.05, 0) is 55.1 Å². The van der Waals surface area contributed by atoms with Gasteiger partial charge in [0.05, 0.1) is 13.2 Å². The lowest BCUT2D eigenvalue weighted by Crippen LogP contribution is -2.51. The second kappa shape index (κ2) is 8.89. The average molecular weight is 423 g/mol. The van der Waals surface area contributed by atoms with E-state index in [1.54, 1.807) is 18.4 Å². The molecule has 0 saturated carbocycles. The maximum absolute atomic E-state index is 13.8. The van der Waals surface area contributed by atoms with Crippen molar-refractivity contribution >= 4 is 12.1 Å².